The molecule has 23 heavy (non-hydrogen) atoms. The van der Waals surface area contributed by atoms with Crippen LogP contribution in [-0.4, -0.2) is 35.0 Å². The van der Waals surface area contributed by atoms with Crippen LogP contribution in [0.3, 0.4) is 0 Å². The maximum Gasteiger partial charge on any atom is 0.323 e. The van der Waals surface area contributed by atoms with Gasteiger partial charge in [-0.3, -0.25) is 9.59 Å². The Morgan fingerprint density at radius 1 is 1.04 bits per heavy atom. The van der Waals surface area contributed by atoms with Gasteiger partial charge in [0, 0.05) is 12.1 Å². The van der Waals surface area contributed by atoms with Crippen molar-refractivity contribution in [3.8, 4) is 0 Å². The lowest BCUT2D eigenvalue weighted by Gasteiger charge is -2.22. The van der Waals surface area contributed by atoms with E-state index < -0.39 is 5.97 Å². The lowest BCUT2D eigenvalue weighted by atomic mass is 10.0. The third kappa shape index (κ3) is 4.68. The molecule has 0 radical (unpaired) electrons. The molecule has 4 nitrogen and oxygen atoms in total. The zero-order chi connectivity index (χ0) is 16.8. The van der Waals surface area contributed by atoms with Gasteiger partial charge in [-0.1, -0.05) is 48.0 Å². The van der Waals surface area contributed by atoms with Crippen LogP contribution in [0, 0.1) is 13.8 Å². The highest BCUT2D eigenvalue weighted by Gasteiger charge is 2.20. The standard InChI is InChI=1S/C19H21NO3/c1-14-8-9-15(2)17(12-14)19(23)20(13-18(21)22)11-10-16-6-4-3-5-7-16/h3-9,12H,10-11,13H2,1-2H3,(H,21,22). The largest absolute Gasteiger partial charge is 0.480 e. The van der Waals surface area contributed by atoms with Crippen LogP contribution in [0.4, 0.5) is 0 Å². The van der Waals surface area contributed by atoms with Crippen LogP contribution < -0.4 is 0 Å². The summed E-state index contributed by atoms with van der Waals surface area (Å²) < 4.78 is 0. The molecule has 0 heterocycles. The normalized spacial score (nSPS) is 10.3. The molecule has 0 aliphatic carbocycles. The predicted molar refractivity (Wildman–Crippen MR) is 89.6 cm³/mol. The van der Waals surface area contributed by atoms with E-state index >= 15 is 0 Å². The lowest BCUT2D eigenvalue weighted by molar-refractivity contribution is -0.137. The van der Waals surface area contributed by atoms with Gasteiger partial charge in [-0.05, 0) is 37.5 Å². The van der Waals surface area contributed by atoms with E-state index in [1.165, 1.54) is 4.90 Å². The van der Waals surface area contributed by atoms with Crippen molar-refractivity contribution in [2.24, 2.45) is 0 Å². The van der Waals surface area contributed by atoms with Crippen molar-refractivity contribution in [2.75, 3.05) is 13.1 Å². The van der Waals surface area contributed by atoms with Gasteiger partial charge in [0.05, 0.1) is 0 Å². The van der Waals surface area contributed by atoms with Crippen LogP contribution in [0.15, 0.2) is 48.5 Å². The van der Waals surface area contributed by atoms with Gasteiger partial charge in [0.25, 0.3) is 5.91 Å². The van der Waals surface area contributed by atoms with Crippen molar-refractivity contribution >= 4 is 11.9 Å². The Hall–Kier alpha value is -2.62. The Morgan fingerprint density at radius 3 is 2.39 bits per heavy atom. The van der Waals surface area contributed by atoms with Gasteiger partial charge in [-0.25, -0.2) is 0 Å². The van der Waals surface area contributed by atoms with Crippen LogP contribution in [0.2, 0.25) is 0 Å². The number of hydrogen-bond donors (Lipinski definition) is 1. The van der Waals surface area contributed by atoms with Crippen LogP contribution in [0.5, 0.6) is 0 Å². The lowest BCUT2D eigenvalue weighted by Crippen LogP contribution is -2.37. The molecule has 120 valence electrons. The van der Waals surface area contributed by atoms with Crippen molar-refractivity contribution < 1.29 is 14.7 Å². The zero-order valence-corrected chi connectivity index (χ0v) is 13.5. The summed E-state index contributed by atoms with van der Waals surface area (Å²) >= 11 is 0. The third-order valence-electron chi connectivity index (χ3n) is 3.75. The number of rotatable bonds is 6. The average Bonchev–Trinajstić information content (AvgIpc) is 2.53. The highest BCUT2D eigenvalue weighted by molar-refractivity contribution is 5.97. The summed E-state index contributed by atoms with van der Waals surface area (Å²) in [7, 11) is 0. The fraction of sp³-hybridized carbons (Fsp3) is 0.263. The molecule has 2 aromatic rings. The molecular weight excluding hydrogens is 290 g/mol. The van der Waals surface area contributed by atoms with E-state index in [1.807, 2.05) is 62.4 Å². The second kappa shape index (κ2) is 7.58. The monoisotopic (exact) mass is 311 g/mol. The topological polar surface area (TPSA) is 57.6 Å². The zero-order valence-electron chi connectivity index (χ0n) is 13.5. The van der Waals surface area contributed by atoms with E-state index in [-0.39, 0.29) is 12.5 Å². The van der Waals surface area contributed by atoms with Crippen molar-refractivity contribution in [1.82, 2.24) is 4.90 Å². The predicted octanol–water partition coefficient (Wildman–Crippen LogP) is 3.07. The van der Waals surface area contributed by atoms with E-state index in [4.69, 9.17) is 5.11 Å². The minimum absolute atomic E-state index is 0.232. The number of carboxylic acids is 1. The summed E-state index contributed by atoms with van der Waals surface area (Å²) in [6, 6.07) is 15.4. The molecule has 1 amide bonds. The number of aryl methyl sites for hydroxylation is 2. The first-order chi connectivity index (χ1) is 11.0. The molecule has 0 spiro atoms. The van der Waals surface area contributed by atoms with Gasteiger partial charge in [0.1, 0.15) is 6.54 Å². The van der Waals surface area contributed by atoms with Crippen LogP contribution in [0.25, 0.3) is 0 Å². The Morgan fingerprint density at radius 2 is 1.74 bits per heavy atom. The third-order valence-corrected chi connectivity index (χ3v) is 3.75. The number of nitrogens with zero attached hydrogens (tertiary/aromatic N) is 1. The summed E-state index contributed by atoms with van der Waals surface area (Å²) in [5.74, 6) is -1.23. The Bertz CT molecular complexity index is 695. The van der Waals surface area contributed by atoms with E-state index in [1.54, 1.807) is 0 Å². The molecule has 2 aromatic carbocycles. The summed E-state index contributed by atoms with van der Waals surface area (Å²) in [6.07, 6.45) is 0.630. The number of amides is 1. The van der Waals surface area contributed by atoms with Gasteiger partial charge in [0.2, 0.25) is 0 Å². The fourth-order valence-electron chi connectivity index (χ4n) is 2.46. The van der Waals surface area contributed by atoms with Crippen molar-refractivity contribution in [3.63, 3.8) is 0 Å². The minimum Gasteiger partial charge on any atom is -0.480 e. The fourth-order valence-corrected chi connectivity index (χ4v) is 2.46. The van der Waals surface area contributed by atoms with Crippen LogP contribution in [0.1, 0.15) is 27.0 Å². The Kier molecular flexibility index (Phi) is 5.52. The number of carbonyl (C=O) groups is 2. The SMILES string of the molecule is Cc1ccc(C)c(C(=O)N(CCc2ccccc2)CC(=O)O)c1. The second-order valence-electron chi connectivity index (χ2n) is 5.67. The maximum absolute atomic E-state index is 12.7. The van der Waals surface area contributed by atoms with Crippen molar-refractivity contribution in [3.05, 3.63) is 70.8 Å². The molecule has 0 saturated heterocycles. The molecule has 1 N–H and O–H groups in total. The summed E-state index contributed by atoms with van der Waals surface area (Å²) in [4.78, 5) is 25.3. The summed E-state index contributed by atoms with van der Waals surface area (Å²) in [5.41, 5.74) is 3.49. The molecule has 0 unspecified atom stereocenters. The maximum atomic E-state index is 12.7. The summed E-state index contributed by atoms with van der Waals surface area (Å²) in [5, 5.41) is 9.11. The van der Waals surface area contributed by atoms with Gasteiger partial charge in [0.15, 0.2) is 0 Å². The number of benzene rings is 2. The van der Waals surface area contributed by atoms with Gasteiger partial charge >= 0.3 is 5.97 Å². The molecular formula is C19H21NO3. The Labute approximate surface area is 136 Å². The van der Waals surface area contributed by atoms with Crippen LogP contribution in [-0.2, 0) is 11.2 Å². The van der Waals surface area contributed by atoms with Gasteiger partial charge < -0.3 is 10.0 Å². The molecule has 0 aliphatic heterocycles. The average molecular weight is 311 g/mol. The van der Waals surface area contributed by atoms with E-state index in [2.05, 4.69) is 0 Å². The molecule has 0 aromatic heterocycles. The van der Waals surface area contributed by atoms with Crippen LogP contribution >= 0.6 is 0 Å². The first-order valence-corrected chi connectivity index (χ1v) is 7.59. The first kappa shape index (κ1) is 16.7. The molecule has 0 fully saturated rings. The number of hydrogen-bond acceptors (Lipinski definition) is 2. The molecule has 0 aliphatic rings. The quantitative estimate of drug-likeness (QED) is 0.892. The van der Waals surface area contributed by atoms with E-state index in [0.29, 0.717) is 18.5 Å². The van der Waals surface area contributed by atoms with Crippen molar-refractivity contribution in [2.45, 2.75) is 20.3 Å². The molecule has 0 bridgehead atoms. The van der Waals surface area contributed by atoms with Crippen molar-refractivity contribution in [1.29, 1.82) is 0 Å². The van der Waals surface area contributed by atoms with Gasteiger partial charge in [-0.2, -0.15) is 0 Å². The van der Waals surface area contributed by atoms with E-state index in [9.17, 15) is 9.59 Å². The van der Waals surface area contributed by atoms with E-state index in [0.717, 1.165) is 16.7 Å². The second-order valence-corrected chi connectivity index (χ2v) is 5.67. The number of aliphatic carboxylic acids is 1. The number of carboxylic acid groups (broad SMARTS) is 1. The highest BCUT2D eigenvalue weighted by Crippen LogP contribution is 2.14. The molecule has 4 heteroatoms. The Balaban J connectivity index is 2.18. The highest BCUT2D eigenvalue weighted by atomic mass is 16.4. The summed E-state index contributed by atoms with van der Waals surface area (Å²) in [6.45, 7) is 3.87. The molecule has 0 atom stereocenters. The molecule has 2 rings (SSSR count). The van der Waals surface area contributed by atoms with Gasteiger partial charge in [-0.15, -0.1) is 0 Å². The minimum atomic E-state index is -1.00. The number of carbonyl (C=O) groups excluding carboxylic acids is 1. The smallest absolute Gasteiger partial charge is 0.323 e. The molecule has 0 saturated carbocycles. The first-order valence-electron chi connectivity index (χ1n) is 7.59.